The first-order valence-electron chi connectivity index (χ1n) is 27.1. The zero-order valence-corrected chi connectivity index (χ0v) is 49.7. The van der Waals surface area contributed by atoms with E-state index in [1.165, 1.54) is 0 Å². The zero-order valence-electron chi connectivity index (χ0n) is 49.7. The molecule has 0 saturated heterocycles. The number of carbonyl (C=O) groups is 3. The molecule has 0 saturated carbocycles. The Morgan fingerprint density at radius 1 is 0.360 bits per heavy atom. The van der Waals surface area contributed by atoms with E-state index in [1.54, 1.807) is 20.8 Å². The molecule has 0 aliphatic carbocycles. The molecule has 0 radical (unpaired) electrons. The van der Waals surface area contributed by atoms with Crippen molar-refractivity contribution >= 4 is 17.3 Å². The summed E-state index contributed by atoms with van der Waals surface area (Å²) in [5.41, 5.74) is 2.19. The predicted octanol–water partition coefficient (Wildman–Crippen LogP) is 11.6. The summed E-state index contributed by atoms with van der Waals surface area (Å²) >= 11 is 0. The number of carbonyl (C=O) groups excluding carboxylic acids is 3. The highest BCUT2D eigenvalue weighted by molar-refractivity contribution is 5.82. The van der Waals surface area contributed by atoms with Crippen LogP contribution in [0, 0.1) is 17.8 Å². The van der Waals surface area contributed by atoms with E-state index in [0.717, 1.165) is 63.8 Å². The van der Waals surface area contributed by atoms with Crippen molar-refractivity contribution in [3.63, 3.8) is 0 Å². The third-order valence-corrected chi connectivity index (χ3v) is 14.8. The molecule has 0 fully saturated rings. The minimum Gasteiger partial charge on any atom is -0.507 e. The molecular formula is C63H93N3O9. The van der Waals surface area contributed by atoms with Crippen LogP contribution in [0.25, 0.3) is 0 Å². The van der Waals surface area contributed by atoms with Gasteiger partial charge in [0.1, 0.15) is 34.6 Å². The molecule has 0 bridgehead atoms. The van der Waals surface area contributed by atoms with Crippen molar-refractivity contribution in [2.24, 2.45) is 17.8 Å². The summed E-state index contributed by atoms with van der Waals surface area (Å²) in [4.78, 5) is 84.9. The van der Waals surface area contributed by atoms with Crippen LogP contribution in [0.4, 0.5) is 0 Å². The molecule has 0 amide bonds. The van der Waals surface area contributed by atoms with E-state index in [1.807, 2.05) is 161 Å². The standard InChI is InChI=1S/C63H93N3O9/c1-37(28-40-31-43(58(4,5)6)52(70)44(32-40)59(7,8)9)49(67)22-25-64-55(73)65(26-23-50(68)38(2)29-41-33-45(60(10,11)12)53(71)46(34-41)61(13,14)15)57(75)66(56(64)74)27-24-51(69)39(3)30-42-35-47(62(16,17)18)54(72)48(36-42)63(19,20)21/h31-39,70-72H,22-30H2,1-21H3. The van der Waals surface area contributed by atoms with Crippen LogP contribution in [0.15, 0.2) is 50.8 Å². The second-order valence-electron chi connectivity index (χ2n) is 27.9. The molecule has 12 heteroatoms. The molecule has 1 heterocycles. The summed E-state index contributed by atoms with van der Waals surface area (Å²) in [6.07, 6.45) is 0.456. The summed E-state index contributed by atoms with van der Waals surface area (Å²) in [6, 6.07) is 11.6. The molecule has 4 rings (SSSR count). The Morgan fingerprint density at radius 3 is 0.667 bits per heavy atom. The summed E-state index contributed by atoms with van der Waals surface area (Å²) in [7, 11) is 0. The fraction of sp³-hybridized carbons (Fsp3) is 0.619. The van der Waals surface area contributed by atoms with Crippen LogP contribution in [0.3, 0.4) is 0 Å². The first-order chi connectivity index (χ1) is 34.0. The lowest BCUT2D eigenvalue weighted by Gasteiger charge is -2.28. The van der Waals surface area contributed by atoms with Crippen LogP contribution in [0.5, 0.6) is 17.2 Å². The molecule has 75 heavy (non-hydrogen) atoms. The quantitative estimate of drug-likeness (QED) is 0.0875. The third-order valence-electron chi connectivity index (χ3n) is 14.8. The van der Waals surface area contributed by atoms with Crippen LogP contribution >= 0.6 is 0 Å². The second-order valence-corrected chi connectivity index (χ2v) is 27.9. The van der Waals surface area contributed by atoms with E-state index in [-0.39, 0.29) is 106 Å². The third kappa shape index (κ3) is 15.1. The molecule has 12 nitrogen and oxygen atoms in total. The molecule has 3 atom stereocenters. The van der Waals surface area contributed by atoms with E-state index in [9.17, 15) is 44.1 Å². The van der Waals surface area contributed by atoms with Gasteiger partial charge < -0.3 is 15.3 Å². The van der Waals surface area contributed by atoms with Gasteiger partial charge in [0.15, 0.2) is 0 Å². The van der Waals surface area contributed by atoms with Crippen LogP contribution in [0.2, 0.25) is 0 Å². The topological polar surface area (TPSA) is 178 Å². The Morgan fingerprint density at radius 2 is 0.520 bits per heavy atom. The monoisotopic (exact) mass is 1040 g/mol. The van der Waals surface area contributed by atoms with Crippen molar-refractivity contribution in [3.05, 3.63) is 118 Å². The van der Waals surface area contributed by atoms with Crippen LogP contribution in [0.1, 0.15) is 215 Å². The second kappa shape index (κ2) is 22.6. The number of aromatic nitrogens is 3. The molecule has 3 N–H and O–H groups in total. The number of phenolic OH excluding ortho intramolecular Hbond substituents is 3. The fourth-order valence-corrected chi connectivity index (χ4v) is 9.93. The molecule has 3 aromatic carbocycles. The van der Waals surface area contributed by atoms with Gasteiger partial charge in [-0.1, -0.05) is 182 Å². The van der Waals surface area contributed by atoms with Gasteiger partial charge in [0, 0.05) is 56.7 Å². The summed E-state index contributed by atoms with van der Waals surface area (Å²) in [5.74, 6) is -1.51. The van der Waals surface area contributed by atoms with Gasteiger partial charge in [0.05, 0.1) is 0 Å². The minimum absolute atomic E-state index is 0.198. The molecule has 0 aliphatic heterocycles. The maximum Gasteiger partial charge on any atom is 0.336 e. The molecule has 414 valence electrons. The van der Waals surface area contributed by atoms with Gasteiger partial charge in [-0.3, -0.25) is 14.4 Å². The summed E-state index contributed by atoms with van der Waals surface area (Å²) < 4.78 is 2.63. The number of Topliss-reactive ketones (excluding diaryl/α,β-unsaturated/α-hetero) is 3. The maximum absolute atomic E-state index is 14.3. The normalized spacial score (nSPS) is 14.2. The van der Waals surface area contributed by atoms with Gasteiger partial charge >= 0.3 is 17.1 Å². The summed E-state index contributed by atoms with van der Waals surface area (Å²) in [6.45, 7) is 40.8. The molecular weight excluding hydrogens is 943 g/mol. The molecule has 0 spiro atoms. The van der Waals surface area contributed by atoms with E-state index >= 15 is 0 Å². The van der Waals surface area contributed by atoms with Crippen molar-refractivity contribution in [2.45, 2.75) is 236 Å². The van der Waals surface area contributed by atoms with E-state index in [0.29, 0.717) is 19.3 Å². The van der Waals surface area contributed by atoms with E-state index in [2.05, 4.69) is 0 Å². The molecule has 0 aliphatic rings. The van der Waals surface area contributed by atoms with Crippen molar-refractivity contribution < 1.29 is 29.7 Å². The van der Waals surface area contributed by atoms with Crippen molar-refractivity contribution in [2.75, 3.05) is 0 Å². The highest BCUT2D eigenvalue weighted by atomic mass is 16.3. The highest BCUT2D eigenvalue weighted by Crippen LogP contribution is 2.43. The first-order valence-corrected chi connectivity index (χ1v) is 27.1. The van der Waals surface area contributed by atoms with E-state index in [4.69, 9.17) is 0 Å². The van der Waals surface area contributed by atoms with Gasteiger partial charge in [-0.25, -0.2) is 28.1 Å². The number of hydrogen-bond acceptors (Lipinski definition) is 9. The molecule has 1 aromatic heterocycles. The largest absolute Gasteiger partial charge is 0.507 e. The first kappa shape index (κ1) is 62.0. The average molecular weight is 1040 g/mol. The van der Waals surface area contributed by atoms with Gasteiger partial charge in [-0.2, -0.15) is 0 Å². The van der Waals surface area contributed by atoms with Crippen LogP contribution < -0.4 is 17.1 Å². The van der Waals surface area contributed by atoms with Gasteiger partial charge in [-0.05, 0) is 102 Å². The van der Waals surface area contributed by atoms with Crippen molar-refractivity contribution in [1.29, 1.82) is 0 Å². The lowest BCUT2D eigenvalue weighted by atomic mass is 9.77. The number of benzene rings is 3. The summed E-state index contributed by atoms with van der Waals surface area (Å²) in [5, 5.41) is 33.9. The Hall–Kier alpha value is -5.52. The van der Waals surface area contributed by atoms with Crippen molar-refractivity contribution in [3.8, 4) is 17.2 Å². The number of aromatic hydroxyl groups is 3. The van der Waals surface area contributed by atoms with Crippen LogP contribution in [-0.4, -0.2) is 46.4 Å². The molecule has 3 unspecified atom stereocenters. The van der Waals surface area contributed by atoms with Gasteiger partial charge in [0.2, 0.25) is 0 Å². The lowest BCUT2D eigenvalue weighted by Crippen LogP contribution is -2.55. The van der Waals surface area contributed by atoms with Crippen molar-refractivity contribution in [1.82, 2.24) is 13.7 Å². The Kier molecular flexibility index (Phi) is 18.7. The smallest absolute Gasteiger partial charge is 0.336 e. The average Bonchev–Trinajstić information content (AvgIpc) is 3.24. The maximum atomic E-state index is 14.3. The Balaban J connectivity index is 1.70. The molecule has 4 aromatic rings. The fourth-order valence-electron chi connectivity index (χ4n) is 9.93. The zero-order chi connectivity index (χ0) is 57.5. The number of rotatable bonds is 18. The Labute approximate surface area is 448 Å². The number of phenols is 3. The Bertz CT molecular complexity index is 2510. The predicted molar refractivity (Wildman–Crippen MR) is 303 cm³/mol. The minimum atomic E-state index is -0.940. The SMILES string of the molecule is CC(Cc1cc(C(C)(C)C)c(O)c(C(C)(C)C)c1)C(=O)CCn1c(=O)n(CCC(=O)C(C)Cc2cc(C(C)(C)C)c(O)c(C(C)(C)C)c2)c(=O)n(CCC(=O)C(C)Cc2cc(C(C)(C)C)c(O)c(C(C)(C)C)c2)c1=O. The van der Waals surface area contributed by atoms with Gasteiger partial charge in [0.25, 0.3) is 0 Å². The number of hydrogen-bond donors (Lipinski definition) is 3. The lowest BCUT2D eigenvalue weighted by molar-refractivity contribution is -0.123. The number of nitrogens with zero attached hydrogens (tertiary/aromatic N) is 3. The highest BCUT2D eigenvalue weighted by Gasteiger charge is 2.31. The van der Waals surface area contributed by atoms with Gasteiger partial charge in [-0.15, -0.1) is 0 Å². The number of ketones is 3. The van der Waals surface area contributed by atoms with Crippen LogP contribution in [-0.2, 0) is 85.8 Å². The van der Waals surface area contributed by atoms with E-state index < -0.39 is 34.8 Å².